The van der Waals surface area contributed by atoms with E-state index in [1.54, 1.807) is 6.92 Å². The first-order valence-corrected chi connectivity index (χ1v) is 10.9. The number of carbonyl (C=O) groups excluding carboxylic acids is 1. The number of alkyl halides is 3. The largest absolute Gasteiger partial charge is 0.480 e. The number of anilines is 1. The molecule has 1 saturated carbocycles. The second kappa shape index (κ2) is 9.36. The van der Waals surface area contributed by atoms with Crippen LogP contribution in [0.2, 0.25) is 0 Å². The first-order chi connectivity index (χ1) is 16.9. The molecule has 13 heteroatoms. The van der Waals surface area contributed by atoms with E-state index in [1.165, 1.54) is 4.57 Å². The molecule has 1 heterocycles. The van der Waals surface area contributed by atoms with Crippen molar-refractivity contribution in [3.05, 3.63) is 69.7 Å². The number of nitrogens with one attached hydrogen (secondary N) is 1. The number of ether oxygens (including phenoxy) is 1. The molecule has 1 atom stereocenters. The van der Waals surface area contributed by atoms with Crippen molar-refractivity contribution in [1.29, 1.82) is 0 Å². The minimum atomic E-state index is -4.86. The third-order valence-electron chi connectivity index (χ3n) is 5.64. The molecule has 3 aromatic rings. The molecule has 0 unspecified atom stereocenters. The van der Waals surface area contributed by atoms with Crippen molar-refractivity contribution in [2.45, 2.75) is 51.4 Å². The van der Waals surface area contributed by atoms with Crippen molar-refractivity contribution in [3.63, 3.8) is 0 Å². The van der Waals surface area contributed by atoms with Gasteiger partial charge in [0.1, 0.15) is 40.4 Å². The Hall–Kier alpha value is -3.77. The molecule has 7 nitrogen and oxygen atoms in total. The fraction of sp³-hybridized carbons (Fsp3) is 0.348. The lowest BCUT2D eigenvalue weighted by molar-refractivity contribution is -0.189. The zero-order valence-electron chi connectivity index (χ0n) is 19.0. The van der Waals surface area contributed by atoms with Gasteiger partial charge in [0.25, 0.3) is 5.91 Å². The van der Waals surface area contributed by atoms with Gasteiger partial charge in [0, 0.05) is 18.5 Å². The summed E-state index contributed by atoms with van der Waals surface area (Å²) in [7, 11) is 0. The van der Waals surface area contributed by atoms with E-state index in [1.807, 2.05) is 5.32 Å². The average molecular weight is 514 g/mol. The van der Waals surface area contributed by atoms with Crippen LogP contribution in [0.3, 0.4) is 0 Å². The topological polar surface area (TPSA) is 78.2 Å². The van der Waals surface area contributed by atoms with E-state index in [2.05, 4.69) is 5.10 Å². The van der Waals surface area contributed by atoms with Crippen LogP contribution in [-0.2, 0) is 6.54 Å². The molecule has 36 heavy (non-hydrogen) atoms. The second-order valence-corrected chi connectivity index (χ2v) is 8.22. The summed E-state index contributed by atoms with van der Waals surface area (Å²) in [6.45, 7) is 2.57. The number of rotatable bonds is 7. The molecule has 0 spiro atoms. The van der Waals surface area contributed by atoms with E-state index in [9.17, 15) is 31.5 Å². The number of hydrogen-bond donors (Lipinski definition) is 1. The number of aromatic nitrogens is 3. The van der Waals surface area contributed by atoms with Gasteiger partial charge in [-0.1, -0.05) is 6.07 Å². The van der Waals surface area contributed by atoms with Crippen molar-refractivity contribution in [2.75, 3.05) is 5.32 Å². The van der Waals surface area contributed by atoms with Gasteiger partial charge in [-0.3, -0.25) is 9.36 Å². The molecule has 1 amide bonds. The summed E-state index contributed by atoms with van der Waals surface area (Å²) in [4.78, 5) is 25.6. The number of hydrogen-bond acceptors (Lipinski definition) is 4. The van der Waals surface area contributed by atoms with Crippen LogP contribution < -0.4 is 15.7 Å². The maximum atomic E-state index is 15.2. The van der Waals surface area contributed by atoms with Crippen LogP contribution in [0.5, 0.6) is 5.75 Å². The highest BCUT2D eigenvalue weighted by atomic mass is 19.4. The highest BCUT2D eigenvalue weighted by Gasteiger charge is 2.39. The van der Waals surface area contributed by atoms with Gasteiger partial charge in [-0.15, -0.1) is 5.10 Å². The molecule has 0 aliphatic heterocycles. The van der Waals surface area contributed by atoms with E-state index in [0.717, 1.165) is 37.1 Å². The van der Waals surface area contributed by atoms with Gasteiger partial charge >= 0.3 is 11.9 Å². The summed E-state index contributed by atoms with van der Waals surface area (Å²) in [6.07, 6.45) is -5.75. The second-order valence-electron chi connectivity index (χ2n) is 8.22. The normalized spacial score (nSPS) is 14.6. The van der Waals surface area contributed by atoms with Crippen LogP contribution in [0, 0.1) is 17.5 Å². The Labute approximate surface area is 200 Å². The van der Waals surface area contributed by atoms with Crippen molar-refractivity contribution >= 4 is 11.6 Å². The van der Waals surface area contributed by atoms with Crippen LogP contribution in [0.15, 0.2) is 35.1 Å². The van der Waals surface area contributed by atoms with Crippen LogP contribution in [0.4, 0.5) is 32.0 Å². The molecule has 1 aromatic heterocycles. The monoisotopic (exact) mass is 514 g/mol. The Morgan fingerprint density at radius 1 is 1.17 bits per heavy atom. The Morgan fingerprint density at radius 2 is 1.81 bits per heavy atom. The van der Waals surface area contributed by atoms with Crippen LogP contribution in [0.1, 0.15) is 48.8 Å². The summed E-state index contributed by atoms with van der Waals surface area (Å²) in [6, 6.07) is 3.99. The quantitative estimate of drug-likeness (QED) is 0.454. The summed E-state index contributed by atoms with van der Waals surface area (Å²) < 4.78 is 89.7. The number of halogens is 6. The Balaban J connectivity index is 1.82. The lowest BCUT2D eigenvalue weighted by Gasteiger charge is -2.20. The smallest absolute Gasteiger partial charge is 0.425 e. The first kappa shape index (κ1) is 25.3. The minimum absolute atomic E-state index is 0.00338. The number of carbonyl (C=O) groups is 1. The van der Waals surface area contributed by atoms with Crippen molar-refractivity contribution in [2.24, 2.45) is 0 Å². The maximum absolute atomic E-state index is 15.2. The van der Waals surface area contributed by atoms with Crippen molar-refractivity contribution in [3.8, 4) is 11.4 Å². The van der Waals surface area contributed by atoms with Crippen molar-refractivity contribution < 1.29 is 35.9 Å². The summed E-state index contributed by atoms with van der Waals surface area (Å²) in [5.74, 6) is -5.19. The fourth-order valence-electron chi connectivity index (χ4n) is 3.54. The predicted molar refractivity (Wildman–Crippen MR) is 116 cm³/mol. The summed E-state index contributed by atoms with van der Waals surface area (Å²) in [5, 5.41) is 6.04. The molecule has 1 aliphatic rings. The first-order valence-electron chi connectivity index (χ1n) is 10.9. The van der Waals surface area contributed by atoms with Crippen LogP contribution >= 0.6 is 0 Å². The van der Waals surface area contributed by atoms with E-state index < -0.39 is 64.0 Å². The molecule has 192 valence electrons. The Bertz CT molecular complexity index is 1360. The third kappa shape index (κ3) is 4.82. The van der Waals surface area contributed by atoms with Gasteiger partial charge < -0.3 is 10.1 Å². The fourth-order valence-corrected chi connectivity index (χ4v) is 3.54. The minimum Gasteiger partial charge on any atom is -0.480 e. The predicted octanol–water partition coefficient (Wildman–Crippen LogP) is 4.93. The number of benzene rings is 2. The Kier molecular flexibility index (Phi) is 6.58. The highest BCUT2D eigenvalue weighted by molar-refractivity contribution is 6.06. The number of nitrogens with zero attached hydrogens (tertiary/aromatic N) is 3. The van der Waals surface area contributed by atoms with E-state index >= 15 is 4.39 Å². The van der Waals surface area contributed by atoms with E-state index in [4.69, 9.17) is 4.74 Å². The zero-order chi connectivity index (χ0) is 26.4. The number of amides is 1. The number of para-hydroxylation sites is 1. The van der Waals surface area contributed by atoms with E-state index in [-0.39, 0.29) is 12.5 Å². The van der Waals surface area contributed by atoms with Gasteiger partial charge in [-0.05, 0) is 44.9 Å². The average Bonchev–Trinajstić information content (AvgIpc) is 3.59. The molecule has 1 N–H and O–H groups in total. The standard InChI is InChI=1S/C23H20F6N4O3/c1-3-32-20(12-7-8-12)31-33(22(32)35)17-10-18(36-11(2)23(27,28)29)13(9-16(17)26)21(34)30-19-14(24)5-4-6-15(19)25/h4-6,9-12H,3,7-8H2,1-2H3,(H,30,34)/t11-/m0/s1. The van der Waals surface area contributed by atoms with Crippen molar-refractivity contribution in [1.82, 2.24) is 14.3 Å². The highest BCUT2D eigenvalue weighted by Crippen LogP contribution is 2.39. The lowest BCUT2D eigenvalue weighted by atomic mass is 10.1. The molecule has 0 radical (unpaired) electrons. The molecule has 4 rings (SSSR count). The zero-order valence-corrected chi connectivity index (χ0v) is 19.0. The molecule has 1 aliphatic carbocycles. The molecule has 2 aromatic carbocycles. The SMILES string of the molecule is CCn1c(C2CC2)nn(-c2cc(O[C@@H](C)C(F)(F)F)c(C(=O)Nc3c(F)cccc3F)cc2F)c1=O. The summed E-state index contributed by atoms with van der Waals surface area (Å²) >= 11 is 0. The maximum Gasteiger partial charge on any atom is 0.425 e. The van der Waals surface area contributed by atoms with Gasteiger partial charge in [-0.25, -0.2) is 18.0 Å². The molecule has 1 fully saturated rings. The lowest BCUT2D eigenvalue weighted by Crippen LogP contribution is -2.32. The Morgan fingerprint density at radius 3 is 2.36 bits per heavy atom. The molecule has 0 bridgehead atoms. The van der Waals surface area contributed by atoms with Crippen LogP contribution in [0.25, 0.3) is 5.69 Å². The van der Waals surface area contributed by atoms with E-state index in [0.29, 0.717) is 23.5 Å². The van der Waals surface area contributed by atoms with Gasteiger partial charge in [-0.2, -0.15) is 17.9 Å². The molecular weight excluding hydrogens is 494 g/mol. The molecule has 0 saturated heterocycles. The van der Waals surface area contributed by atoms with Gasteiger partial charge in [0.2, 0.25) is 0 Å². The third-order valence-corrected chi connectivity index (χ3v) is 5.64. The molecular formula is C23H20F6N4O3. The van der Waals surface area contributed by atoms with Gasteiger partial charge in [0.15, 0.2) is 6.10 Å². The van der Waals surface area contributed by atoms with Crippen LogP contribution in [-0.4, -0.2) is 32.5 Å². The van der Waals surface area contributed by atoms with Gasteiger partial charge in [0.05, 0.1) is 5.56 Å². The summed E-state index contributed by atoms with van der Waals surface area (Å²) in [5.41, 5.74) is -2.93.